The van der Waals surface area contributed by atoms with Crippen molar-refractivity contribution in [3.8, 4) is 0 Å². The van der Waals surface area contributed by atoms with E-state index in [1.165, 1.54) is 0 Å². The van der Waals surface area contributed by atoms with E-state index in [9.17, 15) is 4.79 Å². The minimum atomic E-state index is -0.504. The zero-order valence-electron chi connectivity index (χ0n) is 17.8. The van der Waals surface area contributed by atoms with Crippen LogP contribution in [0.25, 0.3) is 0 Å². The number of rotatable bonds is 8. The molecule has 0 spiro atoms. The van der Waals surface area contributed by atoms with E-state index in [1.807, 2.05) is 61.4 Å². The lowest BCUT2D eigenvalue weighted by molar-refractivity contribution is -0.158. The monoisotopic (exact) mass is 386 g/mol. The van der Waals surface area contributed by atoms with Crippen molar-refractivity contribution in [2.45, 2.75) is 97.9 Å². The number of hydrogen-bond acceptors (Lipinski definition) is 4. The molecular weight excluding hydrogens is 350 g/mol. The summed E-state index contributed by atoms with van der Waals surface area (Å²) in [6.07, 6.45) is 3.30. The summed E-state index contributed by atoms with van der Waals surface area (Å²) in [5.74, 6) is 2.12. The summed E-state index contributed by atoms with van der Waals surface area (Å²) in [5, 5.41) is 0. The van der Waals surface area contributed by atoms with E-state index >= 15 is 0 Å². The molecular formula is C20H36BClO4. The van der Waals surface area contributed by atoms with Crippen LogP contribution in [-0.2, 0) is 18.8 Å². The van der Waals surface area contributed by atoms with Gasteiger partial charge in [0.15, 0.2) is 0 Å². The Morgan fingerprint density at radius 1 is 1.15 bits per heavy atom. The van der Waals surface area contributed by atoms with Gasteiger partial charge in [-0.3, -0.25) is 4.79 Å². The SMILES string of the molecule is CC[C@H](C(=O)OC(C)(C)C)/C(=C/B1OC(C)(C)C(C)(C)O1)CCCCCl. The molecule has 1 saturated heterocycles. The third kappa shape index (κ3) is 6.58. The van der Waals surface area contributed by atoms with Gasteiger partial charge in [0, 0.05) is 5.88 Å². The molecule has 1 aliphatic heterocycles. The predicted octanol–water partition coefficient (Wildman–Crippen LogP) is 5.32. The number of unbranched alkanes of at least 4 members (excludes halogenated alkanes) is 1. The number of carbonyl (C=O) groups excluding carboxylic acids is 1. The highest BCUT2D eigenvalue weighted by molar-refractivity contribution is 6.51. The maximum absolute atomic E-state index is 12.7. The standard InChI is InChI=1S/C20H36BClO4/c1-9-16(17(23)24-18(2,3)4)15(12-10-11-13-22)14-21-25-19(5,6)20(7,8)26-21/h14,16H,9-13H2,1-8H3/b15-14+/t16-/m0/s1. The molecule has 4 nitrogen and oxygen atoms in total. The smallest absolute Gasteiger partial charge is 0.460 e. The van der Waals surface area contributed by atoms with Gasteiger partial charge in [0.1, 0.15) is 5.60 Å². The maximum Gasteiger partial charge on any atom is 0.487 e. The fraction of sp³-hybridized carbons (Fsp3) is 0.850. The summed E-state index contributed by atoms with van der Waals surface area (Å²) in [4.78, 5) is 12.7. The van der Waals surface area contributed by atoms with Crippen LogP contribution in [0.5, 0.6) is 0 Å². The molecule has 0 N–H and O–H groups in total. The number of ether oxygens (including phenoxy) is 1. The first-order valence-corrected chi connectivity index (χ1v) is 10.2. The first-order chi connectivity index (χ1) is 11.8. The Bertz CT molecular complexity index is 492. The molecule has 0 aromatic heterocycles. The zero-order chi connectivity index (χ0) is 20.2. The Balaban J connectivity index is 3.04. The number of hydrogen-bond donors (Lipinski definition) is 0. The summed E-state index contributed by atoms with van der Waals surface area (Å²) >= 11 is 5.83. The first-order valence-electron chi connectivity index (χ1n) is 9.68. The average Bonchev–Trinajstić information content (AvgIpc) is 2.65. The summed E-state index contributed by atoms with van der Waals surface area (Å²) in [6.45, 7) is 15.8. The van der Waals surface area contributed by atoms with Crippen molar-refractivity contribution in [2.24, 2.45) is 5.92 Å². The van der Waals surface area contributed by atoms with Gasteiger partial charge < -0.3 is 14.0 Å². The van der Waals surface area contributed by atoms with Gasteiger partial charge in [-0.05, 0) is 74.1 Å². The van der Waals surface area contributed by atoms with Crippen LogP contribution >= 0.6 is 11.6 Å². The van der Waals surface area contributed by atoms with Crippen molar-refractivity contribution in [1.29, 1.82) is 0 Å². The molecule has 0 aromatic carbocycles. The molecule has 1 rings (SSSR count). The Morgan fingerprint density at radius 2 is 1.69 bits per heavy atom. The second kappa shape index (κ2) is 9.12. The van der Waals surface area contributed by atoms with Crippen LogP contribution in [0.3, 0.4) is 0 Å². The number of esters is 1. The van der Waals surface area contributed by atoms with E-state index in [0.717, 1.165) is 24.8 Å². The van der Waals surface area contributed by atoms with Crippen LogP contribution in [0.15, 0.2) is 11.5 Å². The van der Waals surface area contributed by atoms with E-state index in [0.29, 0.717) is 12.3 Å². The summed E-state index contributed by atoms with van der Waals surface area (Å²) < 4.78 is 17.8. The molecule has 1 fully saturated rings. The van der Waals surface area contributed by atoms with E-state index in [4.69, 9.17) is 25.6 Å². The number of halogens is 1. The van der Waals surface area contributed by atoms with Gasteiger partial charge in [-0.25, -0.2) is 0 Å². The molecule has 6 heteroatoms. The molecule has 0 radical (unpaired) electrons. The highest BCUT2D eigenvalue weighted by Crippen LogP contribution is 2.38. The third-order valence-electron chi connectivity index (χ3n) is 5.02. The number of alkyl halides is 1. The van der Waals surface area contributed by atoms with Crippen LogP contribution in [0.1, 0.15) is 81.1 Å². The highest BCUT2D eigenvalue weighted by atomic mass is 35.5. The van der Waals surface area contributed by atoms with E-state index in [1.54, 1.807) is 0 Å². The first kappa shape index (κ1) is 23.5. The molecule has 26 heavy (non-hydrogen) atoms. The normalized spacial score (nSPS) is 21.0. The lowest BCUT2D eigenvalue weighted by Gasteiger charge is -2.32. The summed E-state index contributed by atoms with van der Waals surface area (Å²) in [6, 6.07) is 0. The van der Waals surface area contributed by atoms with E-state index < -0.39 is 23.9 Å². The Kier molecular flexibility index (Phi) is 8.25. The van der Waals surface area contributed by atoms with Gasteiger partial charge in [-0.15, -0.1) is 11.6 Å². The molecule has 0 aromatic rings. The Morgan fingerprint density at radius 3 is 2.12 bits per heavy atom. The van der Waals surface area contributed by atoms with Gasteiger partial charge in [-0.1, -0.05) is 18.5 Å². The lowest BCUT2D eigenvalue weighted by atomic mass is 9.80. The van der Waals surface area contributed by atoms with Gasteiger partial charge in [0.2, 0.25) is 0 Å². The Hall–Kier alpha value is -0.515. The van der Waals surface area contributed by atoms with Crippen LogP contribution in [0.4, 0.5) is 0 Å². The van der Waals surface area contributed by atoms with Gasteiger partial charge >= 0.3 is 13.1 Å². The highest BCUT2D eigenvalue weighted by Gasteiger charge is 2.50. The van der Waals surface area contributed by atoms with Crippen molar-refractivity contribution in [2.75, 3.05) is 5.88 Å². The minimum Gasteiger partial charge on any atom is -0.460 e. The summed E-state index contributed by atoms with van der Waals surface area (Å²) in [5.41, 5.74) is -0.285. The largest absolute Gasteiger partial charge is 0.487 e. The van der Waals surface area contributed by atoms with Crippen molar-refractivity contribution < 1.29 is 18.8 Å². The number of carbonyl (C=O) groups is 1. The van der Waals surface area contributed by atoms with Gasteiger partial charge in [-0.2, -0.15) is 0 Å². The second-order valence-electron chi connectivity index (χ2n) is 9.01. The average molecular weight is 387 g/mol. The second-order valence-corrected chi connectivity index (χ2v) is 9.38. The van der Waals surface area contributed by atoms with Crippen LogP contribution in [-0.4, -0.2) is 35.8 Å². The van der Waals surface area contributed by atoms with Crippen molar-refractivity contribution >= 4 is 24.7 Å². The van der Waals surface area contributed by atoms with Crippen LogP contribution in [0.2, 0.25) is 0 Å². The lowest BCUT2D eigenvalue weighted by Crippen LogP contribution is -2.41. The molecule has 0 amide bonds. The van der Waals surface area contributed by atoms with E-state index in [-0.39, 0.29) is 11.9 Å². The van der Waals surface area contributed by atoms with E-state index in [2.05, 4.69) is 0 Å². The molecule has 0 aliphatic carbocycles. The molecule has 0 saturated carbocycles. The third-order valence-corrected chi connectivity index (χ3v) is 5.29. The fourth-order valence-electron chi connectivity index (χ4n) is 2.88. The molecule has 1 heterocycles. The van der Waals surface area contributed by atoms with Crippen LogP contribution in [0, 0.1) is 5.92 Å². The Labute approximate surface area is 165 Å². The molecule has 0 bridgehead atoms. The van der Waals surface area contributed by atoms with Gasteiger partial charge in [0.25, 0.3) is 0 Å². The van der Waals surface area contributed by atoms with Gasteiger partial charge in [0.05, 0.1) is 17.1 Å². The topological polar surface area (TPSA) is 44.8 Å². The fourth-order valence-corrected chi connectivity index (χ4v) is 3.07. The molecule has 1 aliphatic rings. The van der Waals surface area contributed by atoms with Crippen molar-refractivity contribution in [3.63, 3.8) is 0 Å². The maximum atomic E-state index is 12.7. The molecule has 150 valence electrons. The zero-order valence-corrected chi connectivity index (χ0v) is 18.5. The summed E-state index contributed by atoms with van der Waals surface area (Å²) in [7, 11) is -0.456. The molecule has 0 unspecified atom stereocenters. The van der Waals surface area contributed by atoms with Crippen molar-refractivity contribution in [1.82, 2.24) is 0 Å². The minimum absolute atomic E-state index is 0.186. The predicted molar refractivity (Wildman–Crippen MR) is 108 cm³/mol. The van der Waals surface area contributed by atoms with Crippen LogP contribution < -0.4 is 0 Å². The molecule has 1 atom stereocenters. The quantitative estimate of drug-likeness (QED) is 0.245. The van der Waals surface area contributed by atoms with Crippen molar-refractivity contribution in [3.05, 3.63) is 11.5 Å².